The Morgan fingerprint density at radius 2 is 0.752 bits per heavy atom. The number of carboxylic acid groups (broad SMARTS) is 4. The molecule has 8 unspecified atom stereocenters. The monoisotopic (exact) mass is 1870 g/mol. The maximum Gasteiger partial charge on any atom is 0.335 e. The molecule has 4 spiro atoms. The molecule has 8 atom stereocenters. The van der Waals surface area contributed by atoms with E-state index in [0.29, 0.717) is 98.0 Å². The molecule has 129 heavy (non-hydrogen) atoms. The summed E-state index contributed by atoms with van der Waals surface area (Å²) in [5, 5.41) is 71.3. The van der Waals surface area contributed by atoms with Gasteiger partial charge in [0, 0.05) is 57.5 Å². The Labute approximate surface area is 759 Å². The summed E-state index contributed by atoms with van der Waals surface area (Å²) in [6.45, 7) is 6.94. The minimum absolute atomic E-state index is 0.0211. The van der Waals surface area contributed by atoms with Gasteiger partial charge in [-0.25, -0.2) is 49.1 Å². The number of carbonyl (C=O) groups is 8. The number of carboxylic acids is 4. The number of hydrogen-bond acceptors (Lipinski definition) is 18. The van der Waals surface area contributed by atoms with Crippen LogP contribution in [-0.4, -0.2) is 130 Å². The summed E-state index contributed by atoms with van der Waals surface area (Å²) >= 11 is 25.6. The van der Waals surface area contributed by atoms with Crippen LogP contribution in [0.5, 0.6) is 5.75 Å². The number of halogens is 4. The van der Waals surface area contributed by atoms with E-state index < -0.39 is 80.8 Å². The molecule has 21 rings (SSSR count). The Hall–Kier alpha value is -12.2. The number of rotatable bonds is 19. The Bertz CT molecular complexity index is 7150. The number of sulfone groups is 3. The van der Waals surface area contributed by atoms with Crippen molar-refractivity contribution >= 4 is 146 Å². The molecule has 4 amide bonds. The van der Waals surface area contributed by atoms with E-state index in [1.54, 1.807) is 117 Å². The predicted octanol–water partition coefficient (Wildman–Crippen LogP) is 17.0. The van der Waals surface area contributed by atoms with E-state index in [1.165, 1.54) is 42.7 Å². The number of nitrogens with zero attached hydrogens (tertiary/aromatic N) is 4. The van der Waals surface area contributed by atoms with Crippen molar-refractivity contribution in [2.45, 2.75) is 151 Å². The number of carbonyl (C=O) groups excluding carboxylic acids is 4. The number of anilines is 4. The number of phenols is 1. The highest BCUT2D eigenvalue weighted by molar-refractivity contribution is 7.92. The number of aryl methyl sites for hydroxylation is 4. The van der Waals surface area contributed by atoms with Crippen LogP contribution in [0.1, 0.15) is 195 Å². The highest BCUT2D eigenvalue weighted by atomic mass is 35.5. The molecule has 1 aromatic heterocycles. The number of fused-ring (bicyclic) bond motifs is 8. The van der Waals surface area contributed by atoms with Crippen LogP contribution in [0.25, 0.3) is 16.8 Å². The normalized spacial score (nSPS) is 22.4. The lowest BCUT2D eigenvalue weighted by Crippen LogP contribution is -2.23. The molecular formula is C95H80Cl4N8O19S3. The van der Waals surface area contributed by atoms with Gasteiger partial charge < -0.3 is 46.8 Å². The van der Waals surface area contributed by atoms with Crippen LogP contribution in [0.4, 0.5) is 22.7 Å². The van der Waals surface area contributed by atoms with Crippen molar-refractivity contribution in [3.8, 4) is 22.6 Å². The van der Waals surface area contributed by atoms with Crippen LogP contribution in [0.15, 0.2) is 191 Å². The number of nitrogens with one attached hydrogen (secondary N) is 4. The summed E-state index contributed by atoms with van der Waals surface area (Å²) in [6.07, 6.45) is 8.25. The number of aromatic carboxylic acids is 4. The molecule has 10 aliphatic rings. The second kappa shape index (κ2) is 31.9. The van der Waals surface area contributed by atoms with E-state index in [9.17, 15) is 89.1 Å². The van der Waals surface area contributed by atoms with Gasteiger partial charge in [-0.3, -0.25) is 19.2 Å². The molecule has 4 aliphatic heterocycles. The van der Waals surface area contributed by atoms with Crippen LogP contribution in [-0.2, 0) is 76.1 Å². The number of amides is 4. The number of aromatic nitrogens is 4. The topological polar surface area (TPSA) is 432 Å². The highest BCUT2D eigenvalue weighted by Gasteiger charge is 2.69. The SMILES string of the molecule is Cc1ccc(C2CC23C(=O)Nc2cc(Cl)c(-c4ccc(-n5cnnn5)cc4)cc23)cc1C(=O)O.Cc1ccc(C2CC23C(=O)Nc2cc(Cl)c(S(=O)(=O)CC4CC4)cc23)cc1C(=O)O.Cc1ccc(C2CC23C(=O)Nc2cc(Cl)c(S(=O)(=O)CC4CCC4)cc23)cc1C(=O)O.Cc1ccc(C2CC23C(=O)Nc2cc(Cl)c(S(=O)(=O)Cc4ccccc4O)cc23)cc1C(=O)O. The van der Waals surface area contributed by atoms with Gasteiger partial charge >= 0.3 is 23.9 Å². The van der Waals surface area contributed by atoms with Crippen LogP contribution < -0.4 is 21.3 Å². The molecular weight excluding hydrogens is 1800 g/mol. The molecule has 6 aliphatic carbocycles. The van der Waals surface area contributed by atoms with Gasteiger partial charge in [0.15, 0.2) is 29.5 Å². The van der Waals surface area contributed by atoms with Crippen molar-refractivity contribution in [2.75, 3.05) is 32.8 Å². The minimum Gasteiger partial charge on any atom is -0.508 e. The largest absolute Gasteiger partial charge is 0.508 e. The van der Waals surface area contributed by atoms with E-state index in [-0.39, 0.29) is 134 Å². The average Bonchev–Trinajstić information content (AvgIpc) is 1.53. The smallest absolute Gasteiger partial charge is 0.335 e. The van der Waals surface area contributed by atoms with Crippen molar-refractivity contribution in [3.05, 3.63) is 291 Å². The number of benzene rings is 10. The first-order chi connectivity index (χ1) is 61.2. The molecule has 11 aromatic rings. The van der Waals surface area contributed by atoms with Gasteiger partial charge in [-0.2, -0.15) is 0 Å². The van der Waals surface area contributed by atoms with Crippen molar-refractivity contribution < 1.29 is 89.1 Å². The first-order valence-corrected chi connectivity index (χ1v) is 47.9. The van der Waals surface area contributed by atoms with Gasteiger partial charge in [0.05, 0.1) is 102 Å². The lowest BCUT2D eigenvalue weighted by Gasteiger charge is -2.25. The Balaban J connectivity index is 0.000000116. The first kappa shape index (κ1) is 87.5. The van der Waals surface area contributed by atoms with E-state index >= 15 is 0 Å². The Morgan fingerprint density at radius 3 is 1.07 bits per heavy atom. The quantitative estimate of drug-likeness (QED) is 0.0363. The molecule has 0 bridgehead atoms. The molecule has 9 N–H and O–H groups in total. The molecule has 660 valence electrons. The summed E-state index contributed by atoms with van der Waals surface area (Å²) in [5.41, 5.74) is 10.8. The Kier molecular flexibility index (Phi) is 21.6. The van der Waals surface area contributed by atoms with Crippen LogP contribution in [0.3, 0.4) is 0 Å². The second-order valence-corrected chi connectivity index (χ2v) is 42.7. The number of aromatic hydroxyl groups is 1. The number of tetrazole rings is 1. The molecule has 5 heterocycles. The summed E-state index contributed by atoms with van der Waals surface area (Å²) in [4.78, 5) is 98.4. The van der Waals surface area contributed by atoms with Crippen LogP contribution >= 0.6 is 46.4 Å². The van der Waals surface area contributed by atoms with Gasteiger partial charge in [0.2, 0.25) is 23.6 Å². The fourth-order valence-electron chi connectivity index (χ4n) is 19.4. The third-order valence-electron chi connectivity index (χ3n) is 27.2. The lowest BCUT2D eigenvalue weighted by atomic mass is 9.87. The Morgan fingerprint density at radius 1 is 0.419 bits per heavy atom. The van der Waals surface area contributed by atoms with E-state index in [4.69, 9.17) is 46.4 Å². The van der Waals surface area contributed by atoms with Crippen LogP contribution in [0, 0.1) is 39.5 Å². The summed E-state index contributed by atoms with van der Waals surface area (Å²) in [5.74, 6) is -5.68. The van der Waals surface area contributed by atoms with E-state index in [1.807, 2.05) is 48.5 Å². The minimum atomic E-state index is -3.94. The van der Waals surface area contributed by atoms with E-state index in [2.05, 4.69) is 36.8 Å². The zero-order valence-corrected chi connectivity index (χ0v) is 74.6. The molecule has 34 heteroatoms. The van der Waals surface area contributed by atoms with Crippen molar-refractivity contribution in [1.82, 2.24) is 20.2 Å². The standard InChI is InChI=1S/C25H18ClN5O3.C25H20ClNO6S.C23H22ClNO5S.C22H20ClNO5S/c1-13-2-3-15(8-17(13)23(32)33)20-11-25(20)19-9-18(21(26)10-22(19)28-24(25)34)14-4-6-16(7-5-14)31-12-27-29-30-31;1-13-6-7-14(8-16(13)23(29)30)18-11-25(18)17-9-22(19(26)10-20(17)27-24(25)31)34(32,33)12-15-4-2-3-5-21(15)28;1-12-5-6-14(7-15(12)21(26)27)17-10-23(17)16-8-20(18(24)9-19(16)25-22(23)28)31(29,30)11-13-3-2-4-13;1-11-2-5-13(6-14(11)20(25)26)16-9-22(16)15-7-19(30(28,29)10-12-3-4-12)17(23)8-18(15)24-21(22)27/h2-10,12,20H,11H2,1H3,(H,28,34)(H,32,33);2-10,18,28H,11-12H2,1H3,(H,27,31)(H,29,30);5-9,13,17H,2-4,10-11H2,1H3,(H,25,28)(H,26,27);2,5-8,12,16H,3-4,9-10H2,1H3,(H,24,27)(H,25,26). The molecule has 10 aromatic carbocycles. The first-order valence-electron chi connectivity index (χ1n) is 41.5. The van der Waals surface area contributed by atoms with Gasteiger partial charge in [0.25, 0.3) is 0 Å². The van der Waals surface area contributed by atoms with Crippen molar-refractivity contribution in [3.63, 3.8) is 0 Å². The van der Waals surface area contributed by atoms with Gasteiger partial charge in [0.1, 0.15) is 12.1 Å². The third-order valence-corrected chi connectivity index (χ3v) is 34.4. The number of hydrogen-bond donors (Lipinski definition) is 9. The molecule has 6 saturated carbocycles. The van der Waals surface area contributed by atoms with Gasteiger partial charge in [-0.05, 0) is 265 Å². The van der Waals surface area contributed by atoms with Crippen molar-refractivity contribution in [1.29, 1.82) is 0 Å². The number of para-hydroxylation sites is 1. The fourth-order valence-corrected chi connectivity index (χ4v) is 26.3. The molecule has 27 nitrogen and oxygen atoms in total. The fraction of sp³-hybridized carbons (Fsp3) is 0.274. The molecule has 0 saturated heterocycles. The molecule has 0 radical (unpaired) electrons. The summed E-state index contributed by atoms with van der Waals surface area (Å²) in [7, 11) is -11.1. The van der Waals surface area contributed by atoms with E-state index in [0.717, 1.165) is 71.2 Å². The average molecular weight is 1880 g/mol. The molecule has 6 fully saturated rings. The lowest BCUT2D eigenvalue weighted by molar-refractivity contribution is -0.118. The van der Waals surface area contributed by atoms with Gasteiger partial charge in [-0.15, -0.1) is 5.10 Å². The second-order valence-electron chi connectivity index (χ2n) is 35.1. The number of phenolic OH excluding ortho intramolecular Hbond substituents is 1. The predicted molar refractivity (Wildman–Crippen MR) is 480 cm³/mol. The zero-order chi connectivity index (χ0) is 91.6. The van der Waals surface area contributed by atoms with Crippen molar-refractivity contribution in [2.24, 2.45) is 11.8 Å². The summed E-state index contributed by atoms with van der Waals surface area (Å²) < 4.78 is 79.8. The zero-order valence-electron chi connectivity index (χ0n) is 69.2. The maximum absolute atomic E-state index is 13.2. The maximum atomic E-state index is 13.2. The highest BCUT2D eigenvalue weighted by Crippen LogP contribution is 2.70. The van der Waals surface area contributed by atoms with Crippen LogP contribution in [0.2, 0.25) is 20.1 Å². The third kappa shape index (κ3) is 15.2. The van der Waals surface area contributed by atoms with Gasteiger partial charge in [-0.1, -0.05) is 132 Å². The summed E-state index contributed by atoms with van der Waals surface area (Å²) in [6, 6.07) is 47.6.